The topological polar surface area (TPSA) is 50.9 Å². The monoisotopic (exact) mass is 277 g/mol. The second-order valence-corrected chi connectivity index (χ2v) is 6.09. The standard InChI is InChI=1S/C15H23N3S/c1-11-3-2-4-12(9-11)7-8-17-14-6-5-13(10-18-14)15(16)19/h5-6,10-12H,2-4,7-9H2,1H3,(H2,16,19)(H,17,18). The molecule has 1 saturated carbocycles. The van der Waals surface area contributed by atoms with E-state index in [1.165, 1.54) is 32.1 Å². The molecule has 0 aromatic carbocycles. The summed E-state index contributed by atoms with van der Waals surface area (Å²) >= 11 is 4.91. The van der Waals surface area contributed by atoms with Crippen LogP contribution >= 0.6 is 12.2 Å². The third kappa shape index (κ3) is 4.46. The van der Waals surface area contributed by atoms with Crippen LogP contribution in [-0.2, 0) is 0 Å². The van der Waals surface area contributed by atoms with E-state index in [9.17, 15) is 0 Å². The molecule has 1 aromatic rings. The average Bonchev–Trinajstić information content (AvgIpc) is 2.39. The molecular formula is C15H23N3S. The van der Waals surface area contributed by atoms with Crippen molar-refractivity contribution in [1.82, 2.24) is 4.98 Å². The Bertz CT molecular complexity index is 416. The molecule has 0 spiro atoms. The first kappa shape index (κ1) is 14.3. The number of rotatable bonds is 5. The lowest BCUT2D eigenvalue weighted by atomic mass is 9.81. The molecule has 0 bridgehead atoms. The lowest BCUT2D eigenvalue weighted by molar-refractivity contribution is 0.274. The van der Waals surface area contributed by atoms with Crippen LogP contribution in [0.2, 0.25) is 0 Å². The molecule has 1 aliphatic carbocycles. The third-order valence-electron chi connectivity index (χ3n) is 3.95. The SMILES string of the molecule is CC1CCCC(CCNc2ccc(C(N)=S)cn2)C1. The van der Waals surface area contributed by atoms with Crippen molar-refractivity contribution >= 4 is 23.0 Å². The van der Waals surface area contributed by atoms with E-state index in [0.29, 0.717) is 4.99 Å². The normalized spacial score (nSPS) is 23.0. The van der Waals surface area contributed by atoms with Crippen LogP contribution < -0.4 is 11.1 Å². The first-order chi connectivity index (χ1) is 9.15. The molecule has 0 aliphatic heterocycles. The van der Waals surface area contributed by atoms with Crippen molar-refractivity contribution in [1.29, 1.82) is 0 Å². The molecule has 1 aliphatic rings. The lowest BCUT2D eigenvalue weighted by Crippen LogP contribution is -2.17. The van der Waals surface area contributed by atoms with Gasteiger partial charge in [0.1, 0.15) is 10.8 Å². The molecular weight excluding hydrogens is 254 g/mol. The average molecular weight is 277 g/mol. The van der Waals surface area contributed by atoms with Gasteiger partial charge in [-0.05, 0) is 36.8 Å². The highest BCUT2D eigenvalue weighted by Crippen LogP contribution is 2.30. The van der Waals surface area contributed by atoms with Gasteiger partial charge < -0.3 is 11.1 Å². The fourth-order valence-corrected chi connectivity index (χ4v) is 2.99. The van der Waals surface area contributed by atoms with Gasteiger partial charge in [0, 0.05) is 18.3 Å². The summed E-state index contributed by atoms with van der Waals surface area (Å²) in [6.45, 7) is 3.37. The van der Waals surface area contributed by atoms with Gasteiger partial charge in [0.05, 0.1) is 0 Å². The van der Waals surface area contributed by atoms with Crippen molar-refractivity contribution in [3.05, 3.63) is 23.9 Å². The number of thiocarbonyl (C=S) groups is 1. The summed E-state index contributed by atoms with van der Waals surface area (Å²) in [7, 11) is 0. The maximum absolute atomic E-state index is 5.55. The van der Waals surface area contributed by atoms with E-state index >= 15 is 0 Å². The minimum Gasteiger partial charge on any atom is -0.389 e. The van der Waals surface area contributed by atoms with Gasteiger partial charge in [-0.15, -0.1) is 0 Å². The predicted octanol–water partition coefficient (Wildman–Crippen LogP) is 3.34. The van der Waals surface area contributed by atoms with E-state index in [-0.39, 0.29) is 0 Å². The van der Waals surface area contributed by atoms with Gasteiger partial charge in [-0.2, -0.15) is 0 Å². The van der Waals surface area contributed by atoms with E-state index < -0.39 is 0 Å². The van der Waals surface area contributed by atoms with Crippen LogP contribution in [0.3, 0.4) is 0 Å². The van der Waals surface area contributed by atoms with Crippen molar-refractivity contribution in [3.8, 4) is 0 Å². The molecule has 3 N–H and O–H groups in total. The Hall–Kier alpha value is -1.16. The van der Waals surface area contributed by atoms with Crippen molar-refractivity contribution < 1.29 is 0 Å². The summed E-state index contributed by atoms with van der Waals surface area (Å²) in [6, 6.07) is 3.86. The Kier molecular flexibility index (Phi) is 5.14. The number of nitrogens with two attached hydrogens (primary N) is 1. The Balaban J connectivity index is 1.74. The van der Waals surface area contributed by atoms with Crippen molar-refractivity contribution in [3.63, 3.8) is 0 Å². The molecule has 1 fully saturated rings. The van der Waals surface area contributed by atoms with Crippen LogP contribution in [0.4, 0.5) is 5.82 Å². The van der Waals surface area contributed by atoms with E-state index in [4.69, 9.17) is 18.0 Å². The fourth-order valence-electron chi connectivity index (χ4n) is 2.87. The Morgan fingerprint density at radius 1 is 1.47 bits per heavy atom. The van der Waals surface area contributed by atoms with Gasteiger partial charge in [-0.25, -0.2) is 4.98 Å². The van der Waals surface area contributed by atoms with E-state index in [2.05, 4.69) is 17.2 Å². The van der Waals surface area contributed by atoms with Gasteiger partial charge in [-0.3, -0.25) is 0 Å². The van der Waals surface area contributed by atoms with Crippen LogP contribution in [0.15, 0.2) is 18.3 Å². The molecule has 19 heavy (non-hydrogen) atoms. The van der Waals surface area contributed by atoms with Gasteiger partial charge in [0.25, 0.3) is 0 Å². The van der Waals surface area contributed by atoms with Gasteiger partial charge >= 0.3 is 0 Å². The molecule has 2 unspecified atom stereocenters. The van der Waals surface area contributed by atoms with Gasteiger partial charge in [-0.1, -0.05) is 38.4 Å². The van der Waals surface area contributed by atoms with Crippen molar-refractivity contribution in [2.24, 2.45) is 17.6 Å². The number of pyridine rings is 1. The molecule has 0 radical (unpaired) electrons. The van der Waals surface area contributed by atoms with Gasteiger partial charge in [0.15, 0.2) is 0 Å². The van der Waals surface area contributed by atoms with Crippen molar-refractivity contribution in [2.75, 3.05) is 11.9 Å². The van der Waals surface area contributed by atoms with E-state index in [1.807, 2.05) is 12.1 Å². The molecule has 0 saturated heterocycles. The number of anilines is 1. The van der Waals surface area contributed by atoms with Crippen LogP contribution in [0.5, 0.6) is 0 Å². The Morgan fingerprint density at radius 3 is 2.95 bits per heavy atom. The number of nitrogens with one attached hydrogen (secondary N) is 1. The zero-order valence-corrected chi connectivity index (χ0v) is 12.4. The second-order valence-electron chi connectivity index (χ2n) is 5.65. The van der Waals surface area contributed by atoms with Crippen LogP contribution in [0.1, 0.15) is 44.6 Å². The summed E-state index contributed by atoms with van der Waals surface area (Å²) < 4.78 is 0. The second kappa shape index (κ2) is 6.85. The fraction of sp³-hybridized carbons (Fsp3) is 0.600. The summed E-state index contributed by atoms with van der Waals surface area (Å²) in [4.78, 5) is 4.72. The van der Waals surface area contributed by atoms with Crippen LogP contribution in [0, 0.1) is 11.8 Å². The van der Waals surface area contributed by atoms with Crippen molar-refractivity contribution in [2.45, 2.75) is 39.0 Å². The first-order valence-corrected chi connectivity index (χ1v) is 7.55. The molecule has 0 amide bonds. The molecule has 104 valence electrons. The number of hydrogen-bond donors (Lipinski definition) is 2. The van der Waals surface area contributed by atoms with E-state index in [0.717, 1.165) is 29.8 Å². The molecule has 4 heteroatoms. The first-order valence-electron chi connectivity index (χ1n) is 7.15. The summed E-state index contributed by atoms with van der Waals surface area (Å²) in [5.74, 6) is 2.69. The molecule has 2 atom stereocenters. The maximum Gasteiger partial charge on any atom is 0.125 e. The molecule has 1 heterocycles. The zero-order valence-electron chi connectivity index (χ0n) is 11.6. The molecule has 1 aromatic heterocycles. The largest absolute Gasteiger partial charge is 0.389 e. The quantitative estimate of drug-likeness (QED) is 0.810. The summed E-state index contributed by atoms with van der Waals surface area (Å²) in [5, 5.41) is 3.38. The highest BCUT2D eigenvalue weighted by atomic mass is 32.1. The maximum atomic E-state index is 5.55. The van der Waals surface area contributed by atoms with E-state index in [1.54, 1.807) is 6.20 Å². The lowest BCUT2D eigenvalue weighted by Gasteiger charge is -2.26. The third-order valence-corrected chi connectivity index (χ3v) is 4.19. The minimum atomic E-state index is 0.398. The highest BCUT2D eigenvalue weighted by Gasteiger charge is 2.18. The summed E-state index contributed by atoms with van der Waals surface area (Å²) in [5.41, 5.74) is 6.37. The summed E-state index contributed by atoms with van der Waals surface area (Å²) in [6.07, 6.45) is 8.55. The Labute approximate surface area is 121 Å². The number of aromatic nitrogens is 1. The van der Waals surface area contributed by atoms with Gasteiger partial charge in [0.2, 0.25) is 0 Å². The highest BCUT2D eigenvalue weighted by molar-refractivity contribution is 7.80. The molecule has 2 rings (SSSR count). The zero-order chi connectivity index (χ0) is 13.7. The minimum absolute atomic E-state index is 0.398. The number of hydrogen-bond acceptors (Lipinski definition) is 3. The molecule has 3 nitrogen and oxygen atoms in total. The predicted molar refractivity (Wildman–Crippen MR) is 84.4 cm³/mol. The van der Waals surface area contributed by atoms with Crippen LogP contribution in [0.25, 0.3) is 0 Å². The Morgan fingerprint density at radius 2 is 2.32 bits per heavy atom. The smallest absolute Gasteiger partial charge is 0.125 e. The number of nitrogens with zero attached hydrogens (tertiary/aromatic N) is 1. The van der Waals surface area contributed by atoms with Crippen LogP contribution in [-0.4, -0.2) is 16.5 Å².